The van der Waals surface area contributed by atoms with Crippen LogP contribution in [0.3, 0.4) is 0 Å². The van der Waals surface area contributed by atoms with Gasteiger partial charge in [0.25, 0.3) is 0 Å². The highest BCUT2D eigenvalue weighted by Crippen LogP contribution is 2.27. The van der Waals surface area contributed by atoms with Crippen LogP contribution in [-0.2, 0) is 0 Å². The summed E-state index contributed by atoms with van der Waals surface area (Å²) in [5.41, 5.74) is 0.498. The van der Waals surface area contributed by atoms with Crippen molar-refractivity contribution >= 4 is 39.3 Å². The number of hydrogen-bond acceptors (Lipinski definition) is 3. The average molecular weight is 404 g/mol. The van der Waals surface area contributed by atoms with E-state index in [0.29, 0.717) is 11.3 Å². The zero-order valence-electron chi connectivity index (χ0n) is 11.9. The maximum atomic E-state index is 12.3. The summed E-state index contributed by atoms with van der Waals surface area (Å²) in [6.07, 6.45) is 0. The molecule has 110 valence electrons. The lowest BCUT2D eigenvalue weighted by atomic mass is 10.1. The number of ether oxygens (including phenoxy) is 2. The third kappa shape index (κ3) is 2.92. The van der Waals surface area contributed by atoms with E-state index in [2.05, 4.69) is 22.6 Å². The summed E-state index contributed by atoms with van der Waals surface area (Å²) in [6, 6.07) is 18.7. The Morgan fingerprint density at radius 3 is 2.50 bits per heavy atom. The minimum Gasteiger partial charge on any atom is -0.496 e. The normalized spacial score (nSPS) is 10.5. The van der Waals surface area contributed by atoms with Crippen LogP contribution in [0.5, 0.6) is 11.5 Å². The lowest BCUT2D eigenvalue weighted by Crippen LogP contribution is -2.09. The van der Waals surface area contributed by atoms with Crippen molar-refractivity contribution in [2.24, 2.45) is 0 Å². The summed E-state index contributed by atoms with van der Waals surface area (Å²) in [7, 11) is 1.60. The predicted molar refractivity (Wildman–Crippen MR) is 94.6 cm³/mol. The average Bonchev–Trinajstić information content (AvgIpc) is 2.55. The second kappa shape index (κ2) is 6.36. The van der Waals surface area contributed by atoms with Crippen molar-refractivity contribution in [2.45, 2.75) is 0 Å². The van der Waals surface area contributed by atoms with Gasteiger partial charge in [0.15, 0.2) is 0 Å². The van der Waals surface area contributed by atoms with Crippen molar-refractivity contribution in [2.75, 3.05) is 7.11 Å². The first-order valence-corrected chi connectivity index (χ1v) is 7.80. The van der Waals surface area contributed by atoms with Crippen LogP contribution in [0.1, 0.15) is 10.4 Å². The summed E-state index contributed by atoms with van der Waals surface area (Å²) in [6.45, 7) is 0. The molecule has 4 heteroatoms. The highest BCUT2D eigenvalue weighted by atomic mass is 127. The number of carbonyl (C=O) groups is 1. The zero-order chi connectivity index (χ0) is 15.5. The van der Waals surface area contributed by atoms with Gasteiger partial charge in [0.1, 0.15) is 11.5 Å². The largest absolute Gasteiger partial charge is 0.496 e. The summed E-state index contributed by atoms with van der Waals surface area (Å²) in [4.78, 5) is 12.3. The summed E-state index contributed by atoms with van der Waals surface area (Å²) >= 11 is 2.13. The van der Waals surface area contributed by atoms with E-state index in [1.54, 1.807) is 31.4 Å². The molecule has 0 N–H and O–H groups in total. The van der Waals surface area contributed by atoms with Gasteiger partial charge in [-0.1, -0.05) is 36.4 Å². The fourth-order valence-corrected chi connectivity index (χ4v) is 2.97. The van der Waals surface area contributed by atoms with Crippen molar-refractivity contribution in [3.8, 4) is 11.5 Å². The van der Waals surface area contributed by atoms with Crippen LogP contribution < -0.4 is 9.47 Å². The molecule has 0 heterocycles. The number of fused-ring (bicyclic) bond motifs is 1. The SMILES string of the molecule is COc1ccc(C(=O)Oc2cccc3ccccc23)cc1I. The first kappa shape index (κ1) is 14.8. The van der Waals surface area contributed by atoms with Gasteiger partial charge in [-0.2, -0.15) is 0 Å². The molecule has 0 aliphatic rings. The molecule has 0 saturated heterocycles. The molecule has 0 aliphatic carbocycles. The number of esters is 1. The number of hydrogen-bond donors (Lipinski definition) is 0. The summed E-state index contributed by atoms with van der Waals surface area (Å²) < 4.78 is 11.6. The highest BCUT2D eigenvalue weighted by Gasteiger charge is 2.12. The van der Waals surface area contributed by atoms with Gasteiger partial charge in [0, 0.05) is 5.39 Å². The number of benzene rings is 3. The lowest BCUT2D eigenvalue weighted by molar-refractivity contribution is 0.0737. The number of halogens is 1. The molecule has 0 aromatic heterocycles. The Kier molecular flexibility index (Phi) is 4.29. The van der Waals surface area contributed by atoms with Crippen molar-refractivity contribution in [3.63, 3.8) is 0 Å². The molecule has 3 aromatic rings. The highest BCUT2D eigenvalue weighted by molar-refractivity contribution is 14.1. The molecule has 0 radical (unpaired) electrons. The Hall–Kier alpha value is -2.08. The van der Waals surface area contributed by atoms with E-state index in [-0.39, 0.29) is 5.97 Å². The first-order valence-electron chi connectivity index (χ1n) is 6.72. The molecular formula is C18H13IO3. The van der Waals surface area contributed by atoms with Crippen LogP contribution in [-0.4, -0.2) is 13.1 Å². The fourth-order valence-electron chi connectivity index (χ4n) is 2.24. The van der Waals surface area contributed by atoms with E-state index in [9.17, 15) is 4.79 Å². The van der Waals surface area contributed by atoms with Crippen molar-refractivity contribution in [1.29, 1.82) is 0 Å². The van der Waals surface area contributed by atoms with Gasteiger partial charge < -0.3 is 9.47 Å². The predicted octanol–water partition coefficient (Wildman–Crippen LogP) is 4.67. The fraction of sp³-hybridized carbons (Fsp3) is 0.0556. The van der Waals surface area contributed by atoms with E-state index in [0.717, 1.165) is 20.1 Å². The molecule has 0 atom stereocenters. The molecule has 0 fully saturated rings. The summed E-state index contributed by atoms with van der Waals surface area (Å²) in [5.74, 6) is 0.924. The molecule has 22 heavy (non-hydrogen) atoms. The Bertz CT molecular complexity index is 837. The zero-order valence-corrected chi connectivity index (χ0v) is 14.0. The quantitative estimate of drug-likeness (QED) is 0.362. The molecule has 3 rings (SSSR count). The molecule has 3 nitrogen and oxygen atoms in total. The Labute approximate surface area is 142 Å². The monoisotopic (exact) mass is 404 g/mol. The molecule has 0 saturated carbocycles. The molecule has 0 amide bonds. The summed E-state index contributed by atoms with van der Waals surface area (Å²) in [5, 5.41) is 1.96. The van der Waals surface area contributed by atoms with Crippen LogP contribution in [0.2, 0.25) is 0 Å². The van der Waals surface area contributed by atoms with Crippen molar-refractivity contribution in [3.05, 3.63) is 69.8 Å². The van der Waals surface area contributed by atoms with Gasteiger partial charge in [-0.05, 0) is 52.2 Å². The van der Waals surface area contributed by atoms with Gasteiger partial charge in [-0.25, -0.2) is 4.79 Å². The molecule has 0 spiro atoms. The van der Waals surface area contributed by atoms with Gasteiger partial charge in [0.2, 0.25) is 0 Å². The van der Waals surface area contributed by atoms with E-state index in [4.69, 9.17) is 9.47 Å². The van der Waals surface area contributed by atoms with Crippen molar-refractivity contribution in [1.82, 2.24) is 0 Å². The standard InChI is InChI=1S/C18H13IO3/c1-21-17-10-9-13(11-15(17)19)18(20)22-16-8-4-6-12-5-2-3-7-14(12)16/h2-11H,1H3. The molecule has 3 aromatic carbocycles. The third-order valence-electron chi connectivity index (χ3n) is 3.34. The molecule has 0 unspecified atom stereocenters. The third-order valence-corrected chi connectivity index (χ3v) is 4.18. The lowest BCUT2D eigenvalue weighted by Gasteiger charge is -2.09. The Morgan fingerprint density at radius 2 is 1.73 bits per heavy atom. The maximum absolute atomic E-state index is 12.3. The van der Waals surface area contributed by atoms with Gasteiger partial charge in [-0.3, -0.25) is 0 Å². The van der Waals surface area contributed by atoms with Gasteiger partial charge >= 0.3 is 5.97 Å². The van der Waals surface area contributed by atoms with Crippen LogP contribution in [0, 0.1) is 3.57 Å². The van der Waals surface area contributed by atoms with Crippen LogP contribution >= 0.6 is 22.6 Å². The molecule has 0 bridgehead atoms. The smallest absolute Gasteiger partial charge is 0.343 e. The number of carbonyl (C=O) groups excluding carboxylic acids is 1. The Balaban J connectivity index is 1.92. The minimum atomic E-state index is -0.378. The van der Waals surface area contributed by atoms with Gasteiger partial charge in [0.05, 0.1) is 16.2 Å². The molecular weight excluding hydrogens is 391 g/mol. The number of methoxy groups -OCH3 is 1. The second-order valence-electron chi connectivity index (χ2n) is 4.72. The first-order chi connectivity index (χ1) is 10.7. The molecule has 0 aliphatic heterocycles. The van der Waals surface area contributed by atoms with Crippen LogP contribution in [0.15, 0.2) is 60.7 Å². The van der Waals surface area contributed by atoms with Crippen molar-refractivity contribution < 1.29 is 14.3 Å². The van der Waals surface area contributed by atoms with E-state index in [1.807, 2.05) is 36.4 Å². The minimum absolute atomic E-state index is 0.378. The van der Waals surface area contributed by atoms with Crippen LogP contribution in [0.25, 0.3) is 10.8 Å². The second-order valence-corrected chi connectivity index (χ2v) is 5.88. The maximum Gasteiger partial charge on any atom is 0.343 e. The van der Waals surface area contributed by atoms with Gasteiger partial charge in [-0.15, -0.1) is 0 Å². The Morgan fingerprint density at radius 1 is 0.955 bits per heavy atom. The topological polar surface area (TPSA) is 35.5 Å². The van der Waals surface area contributed by atoms with Crippen LogP contribution in [0.4, 0.5) is 0 Å². The van der Waals surface area contributed by atoms with E-state index >= 15 is 0 Å². The number of rotatable bonds is 3. The van der Waals surface area contributed by atoms with E-state index in [1.165, 1.54) is 0 Å². The van der Waals surface area contributed by atoms with E-state index < -0.39 is 0 Å².